The Kier molecular flexibility index (Phi) is 9.19. The molecular formula is C50H40N2. The third-order valence-corrected chi connectivity index (χ3v) is 9.87. The van der Waals surface area contributed by atoms with E-state index in [-0.39, 0.29) is 0 Å². The molecule has 0 saturated carbocycles. The third-order valence-electron chi connectivity index (χ3n) is 9.87. The highest BCUT2D eigenvalue weighted by atomic mass is 15.1. The van der Waals surface area contributed by atoms with Crippen molar-refractivity contribution in [3.05, 3.63) is 224 Å². The van der Waals surface area contributed by atoms with Crippen molar-refractivity contribution >= 4 is 33.1 Å². The van der Waals surface area contributed by atoms with E-state index in [1.165, 1.54) is 49.6 Å². The van der Waals surface area contributed by atoms with Crippen LogP contribution in [0.4, 0.5) is 5.69 Å². The average Bonchev–Trinajstić information content (AvgIpc) is 3.55. The quantitative estimate of drug-likeness (QED) is 0.132. The number of benzene rings is 7. The van der Waals surface area contributed by atoms with E-state index in [1.807, 2.05) is 6.08 Å². The van der Waals surface area contributed by atoms with Gasteiger partial charge in [-0.15, -0.1) is 0 Å². The summed E-state index contributed by atoms with van der Waals surface area (Å²) >= 11 is 0. The Hall–Kier alpha value is -6.64. The first-order valence-corrected chi connectivity index (χ1v) is 17.8. The highest BCUT2D eigenvalue weighted by Crippen LogP contribution is 2.35. The van der Waals surface area contributed by atoms with E-state index < -0.39 is 0 Å². The molecule has 2 heteroatoms. The van der Waals surface area contributed by atoms with Gasteiger partial charge in [0.1, 0.15) is 0 Å². The zero-order valence-electron chi connectivity index (χ0n) is 29.4. The van der Waals surface area contributed by atoms with Crippen LogP contribution in [0.3, 0.4) is 0 Å². The number of aromatic nitrogens is 1. The molecule has 0 aliphatic heterocycles. The molecule has 0 N–H and O–H groups in total. The number of rotatable bonds is 10. The summed E-state index contributed by atoms with van der Waals surface area (Å²) in [6.07, 6.45) is 7.13. The van der Waals surface area contributed by atoms with Gasteiger partial charge in [-0.3, -0.25) is 0 Å². The molecule has 2 nitrogen and oxygen atoms in total. The standard InChI is InChI=1S/C50H40N2/c1-3-15-48(51(2)43-30-26-40(27-31-43)38-16-7-4-8-17-38)45(42-20-11-6-12-21-42)34-24-37-25-35-47-46-22-13-14-23-49(46)52(50(47)36-37)44-32-28-41(29-33-44)39-18-9-5-10-19-39/h3-23,25-36H,1,24H2,2H3/b45-34-,48-15+. The first kappa shape index (κ1) is 32.6. The summed E-state index contributed by atoms with van der Waals surface area (Å²) < 4.78 is 2.40. The lowest BCUT2D eigenvalue weighted by atomic mass is 9.97. The topological polar surface area (TPSA) is 8.17 Å². The predicted molar refractivity (Wildman–Crippen MR) is 223 cm³/mol. The van der Waals surface area contributed by atoms with E-state index in [0.717, 1.165) is 34.6 Å². The zero-order chi connectivity index (χ0) is 35.3. The highest BCUT2D eigenvalue weighted by Gasteiger charge is 2.16. The number of hydrogen-bond donors (Lipinski definition) is 0. The van der Waals surface area contributed by atoms with E-state index >= 15 is 0 Å². The Morgan fingerprint density at radius 2 is 1.10 bits per heavy atom. The average molecular weight is 669 g/mol. The molecule has 0 aliphatic carbocycles. The van der Waals surface area contributed by atoms with Crippen LogP contribution in [0.1, 0.15) is 11.1 Å². The first-order valence-electron chi connectivity index (χ1n) is 17.8. The summed E-state index contributed by atoms with van der Waals surface area (Å²) in [6, 6.07) is 65.1. The molecule has 8 aromatic rings. The lowest BCUT2D eigenvalue weighted by molar-refractivity contribution is 1.13. The van der Waals surface area contributed by atoms with Crippen molar-refractivity contribution < 1.29 is 0 Å². The van der Waals surface area contributed by atoms with Gasteiger partial charge in [0.25, 0.3) is 0 Å². The molecule has 0 aliphatic rings. The van der Waals surface area contributed by atoms with E-state index in [2.05, 4.69) is 217 Å². The summed E-state index contributed by atoms with van der Waals surface area (Å²) in [7, 11) is 2.14. The molecule has 0 atom stereocenters. The van der Waals surface area contributed by atoms with Crippen molar-refractivity contribution in [3.8, 4) is 27.9 Å². The van der Waals surface area contributed by atoms with Crippen molar-refractivity contribution in [2.45, 2.75) is 6.42 Å². The van der Waals surface area contributed by atoms with Gasteiger partial charge in [0, 0.05) is 40.5 Å². The van der Waals surface area contributed by atoms with Crippen molar-refractivity contribution in [1.29, 1.82) is 0 Å². The normalized spacial score (nSPS) is 11.9. The largest absolute Gasteiger partial charge is 0.344 e. The van der Waals surface area contributed by atoms with Crippen LogP contribution in [0.15, 0.2) is 212 Å². The van der Waals surface area contributed by atoms with Crippen LogP contribution >= 0.6 is 0 Å². The van der Waals surface area contributed by atoms with Gasteiger partial charge < -0.3 is 9.47 Å². The monoisotopic (exact) mass is 668 g/mol. The van der Waals surface area contributed by atoms with Crippen LogP contribution < -0.4 is 4.90 Å². The van der Waals surface area contributed by atoms with Crippen LogP contribution in [0.2, 0.25) is 0 Å². The summed E-state index contributed by atoms with van der Waals surface area (Å²) in [5.74, 6) is 0. The molecule has 7 aromatic carbocycles. The molecule has 8 rings (SSSR count). The van der Waals surface area contributed by atoms with Crippen molar-refractivity contribution in [1.82, 2.24) is 4.57 Å². The summed E-state index contributed by atoms with van der Waals surface area (Å²) in [4.78, 5) is 2.26. The van der Waals surface area contributed by atoms with E-state index in [9.17, 15) is 0 Å². The van der Waals surface area contributed by atoms with Crippen molar-refractivity contribution in [3.63, 3.8) is 0 Å². The lowest BCUT2D eigenvalue weighted by Crippen LogP contribution is -2.18. The first-order chi connectivity index (χ1) is 25.7. The number of nitrogens with zero attached hydrogens (tertiary/aromatic N) is 2. The van der Waals surface area contributed by atoms with Gasteiger partial charge in [-0.2, -0.15) is 0 Å². The Labute approximate surface area is 306 Å². The maximum atomic E-state index is 4.11. The molecule has 0 saturated heterocycles. The van der Waals surface area contributed by atoms with Crippen molar-refractivity contribution in [2.75, 3.05) is 11.9 Å². The van der Waals surface area contributed by atoms with Gasteiger partial charge >= 0.3 is 0 Å². The van der Waals surface area contributed by atoms with Gasteiger partial charge in [-0.25, -0.2) is 0 Å². The Morgan fingerprint density at radius 3 is 1.73 bits per heavy atom. The summed E-state index contributed by atoms with van der Waals surface area (Å²) in [5, 5.41) is 2.51. The summed E-state index contributed by atoms with van der Waals surface area (Å²) in [5.41, 5.74) is 14.2. The zero-order valence-corrected chi connectivity index (χ0v) is 29.4. The number of allylic oxidation sites excluding steroid dienone is 4. The SMILES string of the molecule is C=C/C=C(\C(=C/Cc1ccc2c3ccccc3n(-c3ccc(-c4ccccc4)cc3)c2c1)c1ccccc1)N(C)c1ccc(-c2ccccc2)cc1. The molecular weight excluding hydrogens is 629 g/mol. The highest BCUT2D eigenvalue weighted by molar-refractivity contribution is 6.09. The molecule has 0 bridgehead atoms. The smallest absolute Gasteiger partial charge is 0.0543 e. The van der Waals surface area contributed by atoms with Crippen molar-refractivity contribution in [2.24, 2.45) is 0 Å². The van der Waals surface area contributed by atoms with Gasteiger partial charge in [-0.1, -0.05) is 164 Å². The van der Waals surface area contributed by atoms with E-state index in [4.69, 9.17) is 0 Å². The molecule has 1 aromatic heterocycles. The molecule has 0 unspecified atom stereocenters. The number of para-hydroxylation sites is 1. The Balaban J connectivity index is 1.17. The van der Waals surface area contributed by atoms with Gasteiger partial charge in [0.2, 0.25) is 0 Å². The third kappa shape index (κ3) is 6.51. The molecule has 52 heavy (non-hydrogen) atoms. The van der Waals surface area contributed by atoms with Crippen LogP contribution in [-0.4, -0.2) is 11.6 Å². The number of hydrogen-bond acceptors (Lipinski definition) is 1. The predicted octanol–water partition coefficient (Wildman–Crippen LogP) is 13.0. The van der Waals surface area contributed by atoms with Crippen LogP contribution in [0.25, 0.3) is 55.3 Å². The van der Waals surface area contributed by atoms with Gasteiger partial charge in [0.15, 0.2) is 0 Å². The molecule has 0 amide bonds. The summed E-state index contributed by atoms with van der Waals surface area (Å²) in [6.45, 7) is 4.11. The van der Waals surface area contributed by atoms with Gasteiger partial charge in [0.05, 0.1) is 11.0 Å². The second-order valence-electron chi connectivity index (χ2n) is 13.1. The van der Waals surface area contributed by atoms with Gasteiger partial charge in [-0.05, 0) is 82.3 Å². The van der Waals surface area contributed by atoms with Crippen LogP contribution in [0, 0.1) is 0 Å². The van der Waals surface area contributed by atoms with Crippen LogP contribution in [-0.2, 0) is 6.42 Å². The Bertz CT molecular complexity index is 2520. The molecule has 0 radical (unpaired) electrons. The Morgan fingerprint density at radius 1 is 0.558 bits per heavy atom. The number of anilines is 1. The maximum absolute atomic E-state index is 4.11. The fourth-order valence-corrected chi connectivity index (χ4v) is 7.20. The maximum Gasteiger partial charge on any atom is 0.0543 e. The minimum absolute atomic E-state index is 0.768. The molecule has 250 valence electrons. The molecule has 0 spiro atoms. The van der Waals surface area contributed by atoms with Crippen LogP contribution in [0.5, 0.6) is 0 Å². The fraction of sp³-hybridized carbons (Fsp3) is 0.0400. The van der Waals surface area contributed by atoms with E-state index in [1.54, 1.807) is 0 Å². The second-order valence-corrected chi connectivity index (χ2v) is 13.1. The fourth-order valence-electron chi connectivity index (χ4n) is 7.20. The van der Waals surface area contributed by atoms with E-state index in [0.29, 0.717) is 0 Å². The number of likely N-dealkylation sites (N-methyl/N-ethyl adjacent to an activating group) is 1. The minimum Gasteiger partial charge on any atom is -0.344 e. The molecule has 1 heterocycles. The molecule has 0 fully saturated rings. The second kappa shape index (κ2) is 14.7. The minimum atomic E-state index is 0.768. The number of fused-ring (bicyclic) bond motifs is 3. The lowest BCUT2D eigenvalue weighted by Gasteiger charge is -2.26.